The van der Waals surface area contributed by atoms with Crippen LogP contribution in [0.3, 0.4) is 0 Å². The Bertz CT molecular complexity index is 643. The van der Waals surface area contributed by atoms with Crippen LogP contribution >= 0.6 is 0 Å². The fraction of sp³-hybridized carbons (Fsp3) is 0.158. The van der Waals surface area contributed by atoms with Gasteiger partial charge in [0, 0.05) is 0 Å². The lowest BCUT2D eigenvalue weighted by molar-refractivity contribution is 0.306. The van der Waals surface area contributed by atoms with Crippen molar-refractivity contribution in [3.05, 3.63) is 90.0 Å². The zero-order valence-corrected chi connectivity index (χ0v) is 11.9. The van der Waals surface area contributed by atoms with Crippen molar-refractivity contribution in [3.63, 3.8) is 0 Å². The monoisotopic (exact) mass is 277 g/mol. The van der Waals surface area contributed by atoms with Gasteiger partial charge in [0.05, 0.1) is 5.54 Å². The summed E-state index contributed by atoms with van der Waals surface area (Å²) in [5.74, 6) is 0.863. The van der Waals surface area contributed by atoms with Crippen molar-refractivity contribution in [1.82, 2.24) is 0 Å². The highest BCUT2D eigenvalue weighted by molar-refractivity contribution is 5.37. The van der Waals surface area contributed by atoms with Gasteiger partial charge in [0.15, 0.2) is 0 Å². The minimum absolute atomic E-state index is 0.396. The third-order valence-electron chi connectivity index (χ3n) is 3.74. The Hall–Kier alpha value is -2.32. The quantitative estimate of drug-likeness (QED) is 0.918. The SMILES string of the molecule is NC1(c2ccc(OCc3ccccc3)cc2)C=CC=CC1. The summed E-state index contributed by atoms with van der Waals surface area (Å²) in [5, 5.41) is 0. The van der Waals surface area contributed by atoms with Gasteiger partial charge in [0.2, 0.25) is 0 Å². The lowest BCUT2D eigenvalue weighted by atomic mass is 9.85. The van der Waals surface area contributed by atoms with Gasteiger partial charge in [-0.3, -0.25) is 0 Å². The third-order valence-corrected chi connectivity index (χ3v) is 3.74. The van der Waals surface area contributed by atoms with E-state index >= 15 is 0 Å². The van der Waals surface area contributed by atoms with E-state index in [2.05, 4.69) is 18.2 Å². The molecule has 0 saturated carbocycles. The minimum atomic E-state index is -0.396. The first-order valence-corrected chi connectivity index (χ1v) is 7.17. The summed E-state index contributed by atoms with van der Waals surface area (Å²) in [4.78, 5) is 0. The summed E-state index contributed by atoms with van der Waals surface area (Å²) in [5.41, 5.74) is 8.29. The third kappa shape index (κ3) is 3.23. The second-order valence-electron chi connectivity index (χ2n) is 5.33. The zero-order valence-electron chi connectivity index (χ0n) is 11.9. The van der Waals surface area contributed by atoms with Crippen molar-refractivity contribution in [1.29, 1.82) is 0 Å². The molecule has 1 unspecified atom stereocenters. The first-order chi connectivity index (χ1) is 10.3. The van der Waals surface area contributed by atoms with E-state index in [9.17, 15) is 0 Å². The number of rotatable bonds is 4. The van der Waals surface area contributed by atoms with E-state index in [-0.39, 0.29) is 0 Å². The van der Waals surface area contributed by atoms with Gasteiger partial charge in [0.25, 0.3) is 0 Å². The molecule has 0 aliphatic heterocycles. The van der Waals surface area contributed by atoms with Crippen LogP contribution in [0.4, 0.5) is 0 Å². The molecule has 2 nitrogen and oxygen atoms in total. The van der Waals surface area contributed by atoms with Crippen LogP contribution in [-0.4, -0.2) is 0 Å². The van der Waals surface area contributed by atoms with Gasteiger partial charge >= 0.3 is 0 Å². The largest absolute Gasteiger partial charge is 0.489 e. The van der Waals surface area contributed by atoms with Crippen LogP contribution in [-0.2, 0) is 12.1 Å². The number of hydrogen-bond donors (Lipinski definition) is 1. The Balaban J connectivity index is 1.67. The average molecular weight is 277 g/mol. The van der Waals surface area contributed by atoms with E-state index in [0.717, 1.165) is 23.3 Å². The molecule has 1 atom stereocenters. The fourth-order valence-corrected chi connectivity index (χ4v) is 2.45. The van der Waals surface area contributed by atoms with Gasteiger partial charge in [-0.25, -0.2) is 0 Å². The van der Waals surface area contributed by atoms with E-state index in [1.165, 1.54) is 0 Å². The molecule has 106 valence electrons. The van der Waals surface area contributed by atoms with E-state index in [1.54, 1.807) is 0 Å². The van der Waals surface area contributed by atoms with Crippen molar-refractivity contribution in [3.8, 4) is 5.75 Å². The molecule has 0 saturated heterocycles. The lowest BCUT2D eigenvalue weighted by Gasteiger charge is -2.27. The smallest absolute Gasteiger partial charge is 0.119 e. The maximum atomic E-state index is 6.42. The predicted molar refractivity (Wildman–Crippen MR) is 86.0 cm³/mol. The standard InChI is InChI=1S/C19H19NO/c20-19(13-5-2-6-14-19)17-9-11-18(12-10-17)21-15-16-7-3-1-4-8-16/h1-13H,14-15,20H2. The summed E-state index contributed by atoms with van der Waals surface area (Å²) >= 11 is 0. The normalized spacial score (nSPS) is 20.4. The van der Waals surface area contributed by atoms with Gasteiger partial charge in [0.1, 0.15) is 12.4 Å². The Morgan fingerprint density at radius 2 is 1.71 bits per heavy atom. The highest BCUT2D eigenvalue weighted by atomic mass is 16.5. The second-order valence-corrected chi connectivity index (χ2v) is 5.33. The minimum Gasteiger partial charge on any atom is -0.489 e. The van der Waals surface area contributed by atoms with Gasteiger partial charge in [-0.2, -0.15) is 0 Å². The van der Waals surface area contributed by atoms with Crippen LogP contribution in [0.1, 0.15) is 17.5 Å². The molecule has 3 rings (SSSR count). The summed E-state index contributed by atoms with van der Waals surface area (Å²) in [6, 6.07) is 18.2. The number of nitrogens with two attached hydrogens (primary N) is 1. The summed E-state index contributed by atoms with van der Waals surface area (Å²) < 4.78 is 5.79. The maximum Gasteiger partial charge on any atom is 0.119 e. The Morgan fingerprint density at radius 1 is 0.952 bits per heavy atom. The number of allylic oxidation sites excluding steroid dienone is 2. The molecule has 21 heavy (non-hydrogen) atoms. The Morgan fingerprint density at radius 3 is 2.38 bits per heavy atom. The average Bonchev–Trinajstić information content (AvgIpc) is 2.55. The van der Waals surface area contributed by atoms with Crippen LogP contribution in [0.15, 0.2) is 78.9 Å². The molecule has 0 fully saturated rings. The molecule has 1 aliphatic carbocycles. The van der Waals surface area contributed by atoms with Crippen LogP contribution in [0.25, 0.3) is 0 Å². The first-order valence-electron chi connectivity index (χ1n) is 7.17. The molecule has 2 aromatic carbocycles. The molecular weight excluding hydrogens is 258 g/mol. The van der Waals surface area contributed by atoms with Crippen molar-refractivity contribution in [2.45, 2.75) is 18.6 Å². The molecule has 0 radical (unpaired) electrons. The number of hydrogen-bond acceptors (Lipinski definition) is 2. The van der Waals surface area contributed by atoms with Gasteiger partial charge in [-0.05, 0) is 29.7 Å². The molecule has 0 heterocycles. The molecule has 2 heteroatoms. The summed E-state index contributed by atoms with van der Waals surface area (Å²) in [7, 11) is 0. The van der Waals surface area contributed by atoms with Crippen molar-refractivity contribution in [2.75, 3.05) is 0 Å². The topological polar surface area (TPSA) is 35.2 Å². The number of ether oxygens (including phenoxy) is 1. The van der Waals surface area contributed by atoms with Crippen LogP contribution < -0.4 is 10.5 Å². The predicted octanol–water partition coefficient (Wildman–Crippen LogP) is 3.94. The zero-order chi connectivity index (χ0) is 14.5. The fourth-order valence-electron chi connectivity index (χ4n) is 2.45. The highest BCUT2D eigenvalue weighted by Crippen LogP contribution is 2.28. The van der Waals surface area contributed by atoms with E-state index in [0.29, 0.717) is 6.61 Å². The molecular formula is C19H19NO. The second kappa shape index (κ2) is 5.98. The van der Waals surface area contributed by atoms with Crippen LogP contribution in [0.5, 0.6) is 5.75 Å². The van der Waals surface area contributed by atoms with Crippen molar-refractivity contribution in [2.24, 2.45) is 5.73 Å². The van der Waals surface area contributed by atoms with E-state index in [4.69, 9.17) is 10.5 Å². The lowest BCUT2D eigenvalue weighted by Crippen LogP contribution is -2.34. The van der Waals surface area contributed by atoms with Gasteiger partial charge < -0.3 is 10.5 Å². The summed E-state index contributed by atoms with van der Waals surface area (Å²) in [6.45, 7) is 0.580. The molecule has 0 bridgehead atoms. The van der Waals surface area contributed by atoms with Crippen LogP contribution in [0, 0.1) is 0 Å². The van der Waals surface area contributed by atoms with Gasteiger partial charge in [-0.1, -0.05) is 66.8 Å². The molecule has 0 spiro atoms. The molecule has 0 aromatic heterocycles. The van der Waals surface area contributed by atoms with Gasteiger partial charge in [-0.15, -0.1) is 0 Å². The molecule has 2 N–H and O–H groups in total. The van der Waals surface area contributed by atoms with Crippen molar-refractivity contribution < 1.29 is 4.74 Å². The molecule has 2 aromatic rings. The number of benzene rings is 2. The summed E-state index contributed by atoms with van der Waals surface area (Å²) in [6.07, 6.45) is 9.01. The Kier molecular flexibility index (Phi) is 3.89. The first kappa shape index (κ1) is 13.7. The van der Waals surface area contributed by atoms with Crippen molar-refractivity contribution >= 4 is 0 Å². The maximum absolute atomic E-state index is 6.42. The Labute approximate surface area is 125 Å². The highest BCUT2D eigenvalue weighted by Gasteiger charge is 2.23. The van der Waals surface area contributed by atoms with Crippen LogP contribution in [0.2, 0.25) is 0 Å². The van der Waals surface area contributed by atoms with E-state index in [1.807, 2.05) is 60.7 Å². The molecule has 0 amide bonds. The van der Waals surface area contributed by atoms with E-state index < -0.39 is 5.54 Å². The molecule has 1 aliphatic rings.